The molecule has 1 aromatic rings. The standard InChI is InChI=1S/C9H13N3O/c1-7-4-10-6-11-9(7)12-3-2-8(13)5-12/h4,6,8,13H,2-3,5H2,1H3/t8-/m0/s1. The smallest absolute Gasteiger partial charge is 0.134 e. The van der Waals surface area contributed by atoms with Gasteiger partial charge in [0.05, 0.1) is 6.10 Å². The highest BCUT2D eigenvalue weighted by atomic mass is 16.3. The lowest BCUT2D eigenvalue weighted by Gasteiger charge is -2.17. The van der Waals surface area contributed by atoms with Crippen LogP contribution in [0.3, 0.4) is 0 Å². The molecule has 1 aromatic heterocycles. The Balaban J connectivity index is 2.21. The van der Waals surface area contributed by atoms with Crippen molar-refractivity contribution in [2.24, 2.45) is 0 Å². The summed E-state index contributed by atoms with van der Waals surface area (Å²) in [5.74, 6) is 0.951. The number of aryl methyl sites for hydroxylation is 1. The van der Waals surface area contributed by atoms with Crippen molar-refractivity contribution in [1.29, 1.82) is 0 Å². The third-order valence-corrected chi connectivity index (χ3v) is 2.33. The summed E-state index contributed by atoms with van der Waals surface area (Å²) in [7, 11) is 0. The zero-order chi connectivity index (χ0) is 9.26. The molecule has 0 aliphatic carbocycles. The number of aliphatic hydroxyl groups excluding tert-OH is 1. The Morgan fingerprint density at radius 1 is 1.62 bits per heavy atom. The van der Waals surface area contributed by atoms with Gasteiger partial charge in [0.2, 0.25) is 0 Å². The topological polar surface area (TPSA) is 49.2 Å². The van der Waals surface area contributed by atoms with Crippen molar-refractivity contribution >= 4 is 5.82 Å². The lowest BCUT2D eigenvalue weighted by atomic mass is 10.3. The zero-order valence-corrected chi connectivity index (χ0v) is 7.64. The van der Waals surface area contributed by atoms with Gasteiger partial charge in [-0.25, -0.2) is 9.97 Å². The van der Waals surface area contributed by atoms with Crippen LogP contribution in [-0.2, 0) is 0 Å². The Kier molecular flexibility index (Phi) is 2.14. The van der Waals surface area contributed by atoms with Crippen molar-refractivity contribution in [3.8, 4) is 0 Å². The number of aromatic nitrogens is 2. The van der Waals surface area contributed by atoms with E-state index in [2.05, 4.69) is 14.9 Å². The van der Waals surface area contributed by atoms with Crippen molar-refractivity contribution in [3.63, 3.8) is 0 Å². The number of anilines is 1. The highest BCUT2D eigenvalue weighted by molar-refractivity contribution is 5.45. The summed E-state index contributed by atoms with van der Waals surface area (Å²) in [6, 6.07) is 0. The molecule has 0 amide bonds. The SMILES string of the molecule is Cc1cncnc1N1CC[C@H](O)C1. The fourth-order valence-electron chi connectivity index (χ4n) is 1.66. The molecule has 4 heteroatoms. The second-order valence-electron chi connectivity index (χ2n) is 3.42. The molecule has 0 bridgehead atoms. The van der Waals surface area contributed by atoms with Gasteiger partial charge in [0.15, 0.2) is 0 Å². The van der Waals surface area contributed by atoms with Crippen molar-refractivity contribution in [1.82, 2.24) is 9.97 Å². The molecule has 0 radical (unpaired) electrons. The van der Waals surface area contributed by atoms with Crippen LogP contribution in [0.1, 0.15) is 12.0 Å². The molecule has 1 N–H and O–H groups in total. The Bertz CT molecular complexity index is 303. The third kappa shape index (κ3) is 1.62. The molecule has 1 atom stereocenters. The van der Waals surface area contributed by atoms with Crippen LogP contribution >= 0.6 is 0 Å². The Labute approximate surface area is 77.2 Å². The maximum atomic E-state index is 9.37. The Morgan fingerprint density at radius 2 is 2.46 bits per heavy atom. The van der Waals surface area contributed by atoms with E-state index < -0.39 is 0 Å². The number of aliphatic hydroxyl groups is 1. The first kappa shape index (κ1) is 8.44. The van der Waals surface area contributed by atoms with Gasteiger partial charge in [-0.3, -0.25) is 0 Å². The molecule has 1 saturated heterocycles. The van der Waals surface area contributed by atoms with Crippen LogP contribution < -0.4 is 4.90 Å². The third-order valence-electron chi connectivity index (χ3n) is 2.33. The first-order valence-corrected chi connectivity index (χ1v) is 4.47. The lowest BCUT2D eigenvalue weighted by molar-refractivity contribution is 0.198. The lowest BCUT2D eigenvalue weighted by Crippen LogP contribution is -2.23. The van der Waals surface area contributed by atoms with Gasteiger partial charge in [-0.15, -0.1) is 0 Å². The summed E-state index contributed by atoms with van der Waals surface area (Å²) >= 11 is 0. The fraction of sp³-hybridized carbons (Fsp3) is 0.556. The molecular weight excluding hydrogens is 166 g/mol. The second-order valence-corrected chi connectivity index (χ2v) is 3.42. The van der Waals surface area contributed by atoms with Crippen LogP contribution in [0.2, 0.25) is 0 Å². The highest BCUT2D eigenvalue weighted by Gasteiger charge is 2.22. The van der Waals surface area contributed by atoms with Crippen LogP contribution in [-0.4, -0.2) is 34.3 Å². The summed E-state index contributed by atoms with van der Waals surface area (Å²) in [5, 5.41) is 9.37. The van der Waals surface area contributed by atoms with Gasteiger partial charge in [-0.1, -0.05) is 0 Å². The van der Waals surface area contributed by atoms with Gasteiger partial charge in [-0.2, -0.15) is 0 Å². The van der Waals surface area contributed by atoms with E-state index in [0.29, 0.717) is 6.54 Å². The van der Waals surface area contributed by atoms with Crippen LogP contribution in [0.25, 0.3) is 0 Å². The minimum Gasteiger partial charge on any atom is -0.391 e. The van der Waals surface area contributed by atoms with Gasteiger partial charge in [0.25, 0.3) is 0 Å². The predicted molar refractivity (Wildman–Crippen MR) is 49.6 cm³/mol. The van der Waals surface area contributed by atoms with E-state index in [1.165, 1.54) is 0 Å². The van der Waals surface area contributed by atoms with Crippen molar-refractivity contribution in [2.75, 3.05) is 18.0 Å². The quantitative estimate of drug-likeness (QED) is 0.676. The predicted octanol–water partition coefficient (Wildman–Crippen LogP) is 0.356. The molecule has 1 aliphatic heterocycles. The van der Waals surface area contributed by atoms with Gasteiger partial charge < -0.3 is 10.0 Å². The molecule has 13 heavy (non-hydrogen) atoms. The van der Waals surface area contributed by atoms with E-state index in [-0.39, 0.29) is 6.10 Å². The largest absolute Gasteiger partial charge is 0.391 e. The van der Waals surface area contributed by atoms with E-state index in [1.807, 2.05) is 6.92 Å². The average molecular weight is 179 g/mol. The van der Waals surface area contributed by atoms with E-state index in [0.717, 1.165) is 24.3 Å². The number of β-amino-alcohol motifs (C(OH)–C–C–N with tert-alkyl or cyclic N) is 1. The number of rotatable bonds is 1. The van der Waals surface area contributed by atoms with Crippen molar-refractivity contribution in [3.05, 3.63) is 18.1 Å². The summed E-state index contributed by atoms with van der Waals surface area (Å²) in [5.41, 5.74) is 1.07. The minimum absolute atomic E-state index is 0.200. The minimum atomic E-state index is -0.200. The first-order valence-electron chi connectivity index (χ1n) is 4.47. The van der Waals surface area contributed by atoms with Crippen molar-refractivity contribution < 1.29 is 5.11 Å². The van der Waals surface area contributed by atoms with Crippen LogP contribution in [0, 0.1) is 6.92 Å². The molecule has 0 unspecified atom stereocenters. The maximum Gasteiger partial charge on any atom is 0.134 e. The molecule has 4 nitrogen and oxygen atoms in total. The zero-order valence-electron chi connectivity index (χ0n) is 7.64. The summed E-state index contributed by atoms with van der Waals surface area (Å²) in [4.78, 5) is 10.2. The van der Waals surface area contributed by atoms with Crippen LogP contribution in [0.5, 0.6) is 0 Å². The molecule has 2 heterocycles. The van der Waals surface area contributed by atoms with Gasteiger partial charge in [-0.05, 0) is 13.3 Å². The fourth-order valence-corrected chi connectivity index (χ4v) is 1.66. The van der Waals surface area contributed by atoms with E-state index in [9.17, 15) is 5.11 Å². The van der Waals surface area contributed by atoms with E-state index in [1.54, 1.807) is 12.5 Å². The molecule has 1 aliphatic rings. The Hall–Kier alpha value is -1.16. The molecule has 0 saturated carbocycles. The number of nitrogens with zero attached hydrogens (tertiary/aromatic N) is 3. The normalized spacial score (nSPS) is 22.3. The van der Waals surface area contributed by atoms with Gasteiger partial charge >= 0.3 is 0 Å². The molecule has 0 aromatic carbocycles. The van der Waals surface area contributed by atoms with E-state index in [4.69, 9.17) is 0 Å². The van der Waals surface area contributed by atoms with Gasteiger partial charge in [0.1, 0.15) is 12.1 Å². The molecule has 2 rings (SSSR count). The maximum absolute atomic E-state index is 9.37. The summed E-state index contributed by atoms with van der Waals surface area (Å²) in [6.07, 6.45) is 3.98. The second kappa shape index (κ2) is 3.30. The number of hydrogen-bond acceptors (Lipinski definition) is 4. The van der Waals surface area contributed by atoms with Crippen molar-refractivity contribution in [2.45, 2.75) is 19.4 Å². The monoisotopic (exact) mass is 179 g/mol. The van der Waals surface area contributed by atoms with Crippen LogP contribution in [0.4, 0.5) is 5.82 Å². The van der Waals surface area contributed by atoms with E-state index >= 15 is 0 Å². The first-order chi connectivity index (χ1) is 6.27. The summed E-state index contributed by atoms with van der Waals surface area (Å²) in [6.45, 7) is 3.57. The number of hydrogen-bond donors (Lipinski definition) is 1. The van der Waals surface area contributed by atoms with Crippen LogP contribution in [0.15, 0.2) is 12.5 Å². The average Bonchev–Trinajstić information content (AvgIpc) is 2.53. The molecular formula is C9H13N3O. The Morgan fingerprint density at radius 3 is 3.08 bits per heavy atom. The summed E-state index contributed by atoms with van der Waals surface area (Å²) < 4.78 is 0. The molecule has 1 fully saturated rings. The van der Waals surface area contributed by atoms with Gasteiger partial charge in [0, 0.05) is 24.8 Å². The highest BCUT2D eigenvalue weighted by Crippen LogP contribution is 2.20. The molecule has 70 valence electrons. The molecule has 0 spiro atoms.